The Hall–Kier alpha value is -1.40. The van der Waals surface area contributed by atoms with Crippen LogP contribution in [0.25, 0.3) is 0 Å². The van der Waals surface area contributed by atoms with Crippen molar-refractivity contribution < 1.29 is 9.13 Å². The lowest BCUT2D eigenvalue weighted by Gasteiger charge is -2.09. The number of halogens is 2. The Morgan fingerprint density at radius 3 is 2.76 bits per heavy atom. The summed E-state index contributed by atoms with van der Waals surface area (Å²) in [6.07, 6.45) is 0.835. The quantitative estimate of drug-likeness (QED) is 0.864. The molecule has 4 nitrogen and oxygen atoms in total. The maximum Gasteiger partial charge on any atom is 0.165 e. The fraction of sp³-hybridized carbons (Fsp3) is 0.400. The third kappa shape index (κ3) is 3.63. The minimum absolute atomic E-state index is 0.251. The zero-order chi connectivity index (χ0) is 15.4. The van der Waals surface area contributed by atoms with Gasteiger partial charge in [-0.25, -0.2) is 4.39 Å². The third-order valence-electron chi connectivity index (χ3n) is 3.24. The molecule has 114 valence electrons. The molecule has 1 N–H and O–H groups in total. The Labute approximate surface area is 132 Å². The first-order chi connectivity index (χ1) is 10.1. The van der Waals surface area contributed by atoms with E-state index in [0.29, 0.717) is 6.54 Å². The van der Waals surface area contributed by atoms with Crippen LogP contribution in [-0.2, 0) is 26.6 Å². The summed E-state index contributed by atoms with van der Waals surface area (Å²) in [6.45, 7) is 2.94. The van der Waals surface area contributed by atoms with Gasteiger partial charge in [-0.3, -0.25) is 4.68 Å². The summed E-state index contributed by atoms with van der Waals surface area (Å²) in [5.74, 6) is -0.0993. The van der Waals surface area contributed by atoms with Gasteiger partial charge in [0.1, 0.15) is 6.61 Å². The van der Waals surface area contributed by atoms with Gasteiger partial charge in [0.25, 0.3) is 0 Å². The Bertz CT molecular complexity index is 628. The van der Waals surface area contributed by atoms with Crippen LogP contribution in [0.1, 0.15) is 23.9 Å². The minimum Gasteiger partial charge on any atom is -0.484 e. The van der Waals surface area contributed by atoms with E-state index in [4.69, 9.17) is 4.74 Å². The van der Waals surface area contributed by atoms with Crippen LogP contribution in [0.4, 0.5) is 4.39 Å². The Morgan fingerprint density at radius 2 is 2.19 bits per heavy atom. The Morgan fingerprint density at radius 1 is 1.43 bits per heavy atom. The molecule has 0 unspecified atom stereocenters. The van der Waals surface area contributed by atoms with E-state index in [2.05, 4.69) is 26.3 Å². The number of aryl methyl sites for hydroxylation is 2. The fourth-order valence-corrected chi connectivity index (χ4v) is 2.83. The standard InChI is InChI=1S/C15H19BrFN3O/c1-4-12-15(16)13(20(3)19-12)9-21-14-6-5-10(8-18-2)7-11(14)17/h5-7,18H,4,8-9H2,1-3H3. The molecule has 0 spiro atoms. The van der Waals surface area contributed by atoms with E-state index in [-0.39, 0.29) is 18.2 Å². The lowest BCUT2D eigenvalue weighted by atomic mass is 10.2. The van der Waals surface area contributed by atoms with Gasteiger partial charge < -0.3 is 10.1 Å². The largest absolute Gasteiger partial charge is 0.484 e. The molecular weight excluding hydrogens is 337 g/mol. The van der Waals surface area contributed by atoms with Crippen LogP contribution in [0, 0.1) is 5.82 Å². The van der Waals surface area contributed by atoms with Crippen LogP contribution >= 0.6 is 15.9 Å². The minimum atomic E-state index is -0.350. The molecule has 0 fully saturated rings. The molecule has 21 heavy (non-hydrogen) atoms. The van der Waals surface area contributed by atoms with Crippen molar-refractivity contribution in [2.24, 2.45) is 7.05 Å². The summed E-state index contributed by atoms with van der Waals surface area (Å²) in [7, 11) is 3.68. The molecule has 0 bridgehead atoms. The van der Waals surface area contributed by atoms with Gasteiger partial charge in [-0.05, 0) is 47.1 Å². The van der Waals surface area contributed by atoms with E-state index in [1.807, 2.05) is 27.1 Å². The van der Waals surface area contributed by atoms with E-state index in [0.717, 1.165) is 27.8 Å². The van der Waals surface area contributed by atoms with Crippen molar-refractivity contribution in [2.45, 2.75) is 26.5 Å². The maximum atomic E-state index is 14.0. The number of benzene rings is 1. The normalized spacial score (nSPS) is 10.9. The van der Waals surface area contributed by atoms with Crippen molar-refractivity contribution in [3.63, 3.8) is 0 Å². The first-order valence-corrected chi connectivity index (χ1v) is 7.62. The third-order valence-corrected chi connectivity index (χ3v) is 4.16. The van der Waals surface area contributed by atoms with Crippen molar-refractivity contribution in [1.82, 2.24) is 15.1 Å². The van der Waals surface area contributed by atoms with Crippen molar-refractivity contribution in [1.29, 1.82) is 0 Å². The molecule has 2 aromatic rings. The second-order valence-electron chi connectivity index (χ2n) is 4.77. The molecule has 0 amide bonds. The summed E-state index contributed by atoms with van der Waals surface area (Å²) in [6, 6.07) is 5.00. The first-order valence-electron chi connectivity index (χ1n) is 6.82. The molecule has 0 aliphatic carbocycles. The van der Waals surface area contributed by atoms with Crippen molar-refractivity contribution in [3.05, 3.63) is 45.4 Å². The second kappa shape index (κ2) is 7.04. The first kappa shape index (κ1) is 16.0. The number of nitrogens with one attached hydrogen (secondary N) is 1. The Kier molecular flexibility index (Phi) is 5.36. The van der Waals surface area contributed by atoms with Crippen LogP contribution in [0.2, 0.25) is 0 Å². The summed E-state index contributed by atoms with van der Waals surface area (Å²) in [4.78, 5) is 0. The van der Waals surface area contributed by atoms with Crippen molar-refractivity contribution in [3.8, 4) is 5.75 Å². The monoisotopic (exact) mass is 355 g/mol. The van der Waals surface area contributed by atoms with Crippen LogP contribution in [0.5, 0.6) is 5.75 Å². The average molecular weight is 356 g/mol. The van der Waals surface area contributed by atoms with Crippen LogP contribution in [0.3, 0.4) is 0 Å². The number of rotatable bonds is 6. The average Bonchev–Trinajstić information content (AvgIpc) is 2.73. The van der Waals surface area contributed by atoms with Crippen molar-refractivity contribution in [2.75, 3.05) is 7.05 Å². The molecule has 0 saturated carbocycles. The SMILES string of the molecule is CCc1nn(C)c(COc2ccc(CNC)cc2F)c1Br. The van der Waals surface area contributed by atoms with Gasteiger partial charge in [0.05, 0.1) is 15.9 Å². The predicted octanol–water partition coefficient (Wildman–Crippen LogP) is 3.18. The molecule has 0 atom stereocenters. The fourth-order valence-electron chi connectivity index (χ4n) is 2.10. The zero-order valence-corrected chi connectivity index (χ0v) is 14.0. The smallest absolute Gasteiger partial charge is 0.165 e. The van der Waals surface area contributed by atoms with E-state index in [1.165, 1.54) is 6.07 Å². The Balaban J connectivity index is 2.11. The summed E-state index contributed by atoms with van der Waals surface area (Å²) >= 11 is 3.52. The van der Waals surface area contributed by atoms with Gasteiger partial charge in [0.2, 0.25) is 0 Å². The van der Waals surface area contributed by atoms with E-state index >= 15 is 0 Å². The summed E-state index contributed by atoms with van der Waals surface area (Å²) < 4.78 is 22.2. The van der Waals surface area contributed by atoms with Gasteiger partial charge in [-0.1, -0.05) is 13.0 Å². The summed E-state index contributed by atoms with van der Waals surface area (Å²) in [5, 5.41) is 7.38. The molecular formula is C15H19BrFN3O. The predicted molar refractivity (Wildman–Crippen MR) is 83.8 cm³/mol. The topological polar surface area (TPSA) is 39.1 Å². The lowest BCUT2D eigenvalue weighted by molar-refractivity contribution is 0.279. The van der Waals surface area contributed by atoms with E-state index in [9.17, 15) is 4.39 Å². The van der Waals surface area contributed by atoms with Gasteiger partial charge >= 0.3 is 0 Å². The molecule has 0 aliphatic heterocycles. The summed E-state index contributed by atoms with van der Waals surface area (Å²) in [5.41, 5.74) is 2.75. The van der Waals surface area contributed by atoms with E-state index < -0.39 is 0 Å². The molecule has 1 aromatic carbocycles. The molecule has 0 radical (unpaired) electrons. The number of ether oxygens (including phenoxy) is 1. The number of hydrogen-bond acceptors (Lipinski definition) is 3. The maximum absolute atomic E-state index is 14.0. The molecule has 6 heteroatoms. The molecule has 1 aromatic heterocycles. The zero-order valence-electron chi connectivity index (χ0n) is 12.4. The highest BCUT2D eigenvalue weighted by molar-refractivity contribution is 9.10. The van der Waals surface area contributed by atoms with Crippen molar-refractivity contribution >= 4 is 15.9 Å². The highest BCUT2D eigenvalue weighted by Gasteiger charge is 2.14. The van der Waals surface area contributed by atoms with Gasteiger partial charge in [0.15, 0.2) is 11.6 Å². The van der Waals surface area contributed by atoms with Crippen LogP contribution in [-0.4, -0.2) is 16.8 Å². The van der Waals surface area contributed by atoms with Gasteiger partial charge in [0, 0.05) is 13.6 Å². The molecule has 0 aliphatic rings. The highest BCUT2D eigenvalue weighted by atomic mass is 79.9. The molecule has 0 saturated heterocycles. The van der Waals surface area contributed by atoms with Crippen LogP contribution in [0.15, 0.2) is 22.7 Å². The highest BCUT2D eigenvalue weighted by Crippen LogP contribution is 2.24. The molecule has 1 heterocycles. The van der Waals surface area contributed by atoms with Gasteiger partial charge in [-0.2, -0.15) is 5.10 Å². The van der Waals surface area contributed by atoms with Crippen LogP contribution < -0.4 is 10.1 Å². The van der Waals surface area contributed by atoms with Gasteiger partial charge in [-0.15, -0.1) is 0 Å². The lowest BCUT2D eigenvalue weighted by Crippen LogP contribution is -2.07. The van der Waals surface area contributed by atoms with E-state index in [1.54, 1.807) is 10.7 Å². The second-order valence-corrected chi connectivity index (χ2v) is 5.56. The number of nitrogens with zero attached hydrogens (tertiary/aromatic N) is 2. The number of aromatic nitrogens is 2. The molecule has 2 rings (SSSR count). The number of hydrogen-bond donors (Lipinski definition) is 1.